The third-order valence-corrected chi connectivity index (χ3v) is 16.2. The zero-order valence-corrected chi connectivity index (χ0v) is 64.9. The maximum atomic E-state index is 11.9. The highest BCUT2D eigenvalue weighted by molar-refractivity contribution is 8.24. The smallest absolute Gasteiger partial charge is 0.339 e. The summed E-state index contributed by atoms with van der Waals surface area (Å²) in [7, 11) is 0. The van der Waals surface area contributed by atoms with Gasteiger partial charge in [-0.15, -0.1) is 39.5 Å². The number of ether oxygens (including phenoxy) is 9. The lowest BCUT2D eigenvalue weighted by Crippen LogP contribution is -2.44. The summed E-state index contributed by atoms with van der Waals surface area (Å²) in [5.41, 5.74) is 5.97. The standard InChI is InChI=1S/C15H20ClN3O2.C11H17NO3.C11H16O4.C10H10Cl2N2O.C10H12N2O3.C8H14O3.C2H4O2.Cl3OP.H3N/c1-4-5-15(3)12-11(9-21-15)13(18-14(16)17-12)19-6-7-20-8-10(19)2;2*1-4-6-11(3)9(12)8(7-15-11)10(13)14-5-2;1-3-4-10(2)7-6(5-15-10)8(11)14-9(12)13-7;1-3-4-10(2)7-6(5-15-10)8(13)12-9(14)11-7;1-4-6-8(3,10)7(9)11-5-2;1-2(3)4;1-5(2,3)4;/h4,10H,1,5-9H2,2-3H3;4H,1,5-7,12H2,2-3H3;4,8H,1,5-7H2,2-3H3;3H,1,4-5H2,2H3;3H,1,4-5H2,2H3,(H2,11,12,13,14);4,10H,1,5-6H2,2-3H3;1H3,(H,3,4);;1H3/t10-,15?;;;;;;;;/m0......../s1. The second-order valence-corrected chi connectivity index (χ2v) is 31.6. The minimum Gasteiger partial charge on any atom is -0.481 e. The number of nitrogens with one attached hydrogen (secondary N) is 2. The number of Topliss-reactive ketones (excluding diaryl/α,β-unsaturated/α-hetero) is 1. The third kappa shape index (κ3) is 27.4. The molecule has 0 spiro atoms. The molecule has 0 radical (unpaired) electrons. The molecule has 3 aromatic rings. The van der Waals surface area contributed by atoms with Crippen LogP contribution in [-0.2, 0) is 108 Å². The molecule has 0 aromatic carbocycles. The molecule has 2 saturated heterocycles. The summed E-state index contributed by atoms with van der Waals surface area (Å²) in [6, 6.07) is 0.264. The molecule has 2 fully saturated rings. The van der Waals surface area contributed by atoms with Crippen LogP contribution in [0.4, 0.5) is 5.82 Å². The van der Waals surface area contributed by atoms with Crippen molar-refractivity contribution in [2.45, 2.75) is 174 Å². The number of carboxylic acids is 1. The molecule has 102 heavy (non-hydrogen) atoms. The Hall–Kier alpha value is -6.18. The molecule has 9 N–H and O–H groups in total. The number of carbonyl (C=O) groups is 5. The number of esters is 3. The van der Waals surface area contributed by atoms with Crippen LogP contribution >= 0.6 is 73.7 Å². The fraction of sp³-hybridized carbons (Fsp3) is 0.537. The first-order valence-electron chi connectivity index (χ1n) is 31.6. The lowest BCUT2D eigenvalue weighted by molar-refractivity contribution is -0.162. The fourth-order valence-corrected chi connectivity index (χ4v) is 11.0. The van der Waals surface area contributed by atoms with Gasteiger partial charge in [0.25, 0.3) is 11.5 Å². The van der Waals surface area contributed by atoms with Gasteiger partial charge >= 0.3 is 28.8 Å². The third-order valence-electron chi connectivity index (χ3n) is 15.6. The van der Waals surface area contributed by atoms with Gasteiger partial charge in [0.15, 0.2) is 11.4 Å². The van der Waals surface area contributed by atoms with Gasteiger partial charge in [-0.3, -0.25) is 28.7 Å². The molecule has 6 aliphatic rings. The number of halogens is 6. The summed E-state index contributed by atoms with van der Waals surface area (Å²) < 4.78 is 57.4. The number of H-pyrrole nitrogens is 2. The van der Waals surface area contributed by atoms with Crippen LogP contribution in [0.1, 0.15) is 148 Å². The number of anilines is 1. The molecule has 6 aliphatic heterocycles. The number of aromatic nitrogens is 6. The van der Waals surface area contributed by atoms with E-state index in [0.29, 0.717) is 92.8 Å². The first kappa shape index (κ1) is 93.8. The molecule has 7 unspecified atom stereocenters. The second-order valence-electron chi connectivity index (χ2n) is 23.9. The molecule has 0 saturated carbocycles. The topological polar surface area (TPSA) is 407 Å². The van der Waals surface area contributed by atoms with E-state index in [2.05, 4.69) is 120 Å². The molecule has 9 rings (SSSR count). The highest BCUT2D eigenvalue weighted by atomic mass is 36.0. The minimum absolute atomic E-state index is 0. The number of rotatable bonds is 19. The van der Waals surface area contributed by atoms with Crippen LogP contribution in [0.25, 0.3) is 0 Å². The molecule has 0 bridgehead atoms. The molecule has 28 nitrogen and oxygen atoms in total. The van der Waals surface area contributed by atoms with Crippen LogP contribution in [0.15, 0.2) is 96.8 Å². The quantitative estimate of drug-likeness (QED) is 0.0123. The van der Waals surface area contributed by atoms with E-state index in [-0.39, 0.29) is 79.5 Å². The molecule has 9 heterocycles. The number of hydrogen-bond donors (Lipinski definition) is 6. The maximum Gasteiger partial charge on any atom is 0.339 e. The summed E-state index contributed by atoms with van der Waals surface area (Å²) in [6.45, 7) is 45.4. The van der Waals surface area contributed by atoms with Gasteiger partial charge in [-0.1, -0.05) is 48.1 Å². The Morgan fingerprint density at radius 1 is 0.676 bits per heavy atom. The Kier molecular flexibility index (Phi) is 39.3. The van der Waals surface area contributed by atoms with Gasteiger partial charge in [-0.25, -0.2) is 34.3 Å². The van der Waals surface area contributed by atoms with Gasteiger partial charge in [0.1, 0.15) is 44.9 Å². The lowest BCUT2D eigenvalue weighted by Gasteiger charge is -2.35. The zero-order chi connectivity index (χ0) is 77.1. The number of nitrogens with two attached hydrogens (primary N) is 1. The van der Waals surface area contributed by atoms with Gasteiger partial charge in [0.05, 0.1) is 106 Å². The van der Waals surface area contributed by atoms with Crippen LogP contribution in [0.3, 0.4) is 0 Å². The van der Waals surface area contributed by atoms with Crippen molar-refractivity contribution in [3.05, 3.63) is 158 Å². The molecule has 3 aromatic heterocycles. The largest absolute Gasteiger partial charge is 0.481 e. The number of carbonyl (C=O) groups excluding carboxylic acids is 4. The number of ketones is 1. The zero-order valence-electron chi connectivity index (χ0n) is 59.5. The molecule has 0 amide bonds. The first-order valence-corrected chi connectivity index (χ1v) is 37.1. The van der Waals surface area contributed by atoms with Gasteiger partial charge < -0.3 is 74.6 Å². The van der Waals surface area contributed by atoms with Crippen molar-refractivity contribution < 1.29 is 81.4 Å². The second kappa shape index (κ2) is 42.7. The Labute approximate surface area is 624 Å². The summed E-state index contributed by atoms with van der Waals surface area (Å²) >= 11 is 31.7. The van der Waals surface area contributed by atoms with E-state index in [0.717, 1.165) is 41.8 Å². The van der Waals surface area contributed by atoms with Crippen molar-refractivity contribution in [2.75, 3.05) is 57.7 Å². The lowest BCUT2D eigenvalue weighted by atomic mass is 9.91. The number of fused-ring (bicyclic) bond motifs is 3. The predicted molar refractivity (Wildman–Crippen MR) is 392 cm³/mol. The summed E-state index contributed by atoms with van der Waals surface area (Å²) in [5.74, 6) is -2.40. The average Bonchev–Trinajstić information content (AvgIpc) is 1.58. The van der Waals surface area contributed by atoms with E-state index < -0.39 is 68.3 Å². The number of nitrogens with zero attached hydrogens (tertiary/aromatic N) is 5. The monoisotopic (exact) mass is 1570 g/mol. The molecule has 570 valence electrons. The number of morpholine rings is 1. The fourth-order valence-electron chi connectivity index (χ4n) is 10.4. The highest BCUT2D eigenvalue weighted by Gasteiger charge is 2.49. The van der Waals surface area contributed by atoms with Crippen LogP contribution < -0.4 is 28.0 Å². The molecule has 35 heteroatoms. The normalized spacial score (nSPS) is 23.5. The van der Waals surface area contributed by atoms with Crippen LogP contribution in [0.2, 0.25) is 15.7 Å². The van der Waals surface area contributed by atoms with Gasteiger partial charge in [0.2, 0.25) is 10.6 Å². The number of aromatic amines is 2. The molecular weight excluding hydrogens is 1480 g/mol. The van der Waals surface area contributed by atoms with E-state index >= 15 is 0 Å². The summed E-state index contributed by atoms with van der Waals surface area (Å²) in [6.07, 6.45) is 13.3. The van der Waals surface area contributed by atoms with E-state index in [4.69, 9.17) is 88.3 Å². The number of hydrogen-bond acceptors (Lipinski definition) is 25. The molecular formula is C67H96Cl6N9O19P. The van der Waals surface area contributed by atoms with Crippen molar-refractivity contribution >= 4 is 109 Å². The van der Waals surface area contributed by atoms with Crippen molar-refractivity contribution in [2.24, 2.45) is 11.7 Å². The number of aliphatic hydroxyl groups is 1. The van der Waals surface area contributed by atoms with Crippen LogP contribution in [0.5, 0.6) is 0 Å². The molecule has 0 aliphatic carbocycles. The Morgan fingerprint density at radius 3 is 1.63 bits per heavy atom. The van der Waals surface area contributed by atoms with E-state index in [1.807, 2.05) is 33.8 Å². The first-order chi connectivity index (χ1) is 47.0. The Morgan fingerprint density at radius 2 is 1.13 bits per heavy atom. The number of carboxylic acid groups (broad SMARTS) is 1. The van der Waals surface area contributed by atoms with E-state index in [9.17, 15) is 38.4 Å². The van der Waals surface area contributed by atoms with E-state index in [1.54, 1.807) is 52.0 Å². The van der Waals surface area contributed by atoms with Crippen molar-refractivity contribution in [3.63, 3.8) is 0 Å². The Balaban J connectivity index is 0.000000601. The molecule has 8 atom stereocenters. The van der Waals surface area contributed by atoms with Crippen molar-refractivity contribution in [1.82, 2.24) is 36.1 Å². The van der Waals surface area contributed by atoms with Crippen LogP contribution in [0, 0.1) is 5.92 Å². The summed E-state index contributed by atoms with van der Waals surface area (Å²) in [4.78, 5) is 101. The van der Waals surface area contributed by atoms with E-state index in [1.165, 1.54) is 13.0 Å². The van der Waals surface area contributed by atoms with Crippen molar-refractivity contribution in [1.29, 1.82) is 0 Å². The van der Waals surface area contributed by atoms with Gasteiger partial charge in [0, 0.05) is 37.4 Å². The van der Waals surface area contributed by atoms with Crippen molar-refractivity contribution in [3.8, 4) is 0 Å². The predicted octanol–water partition coefficient (Wildman–Crippen LogP) is 12.3. The minimum atomic E-state index is -3.22. The average molecular weight is 1580 g/mol. The highest BCUT2D eigenvalue weighted by Crippen LogP contribution is 2.61. The van der Waals surface area contributed by atoms with Gasteiger partial charge in [-0.2, -0.15) is 0 Å². The summed E-state index contributed by atoms with van der Waals surface area (Å²) in [5, 5.41) is 14.4. The SMILES string of the molecule is C=CCC(C)(O)C(=O)OCC.C=CCC1(C)OCC(C(=O)OCC)=C1N.C=CCC1(C)OCC(C(=O)OCC)C1=O.C=CCC1(C)OCc2c(Cl)nc(Cl)nc21.C=CCC1(C)OCc2c(N3CCOC[C@@H]3C)nc(Cl)nc21.C=CCC1(C)OCc2c1[nH]c(=O)[nH]c2=O.CC(=O)O.N.O=P(Cl)(Cl)Cl. The Bertz CT molecular complexity index is 3640. The van der Waals surface area contributed by atoms with Crippen LogP contribution in [-0.4, -0.2) is 145 Å². The van der Waals surface area contributed by atoms with Gasteiger partial charge in [-0.05, 0) is 152 Å². The number of aliphatic carboxylic acids is 1. The maximum absolute atomic E-state index is 11.9.